The molecule has 0 unspecified atom stereocenters. The molecule has 0 aliphatic rings. The van der Waals surface area contributed by atoms with E-state index in [1.807, 2.05) is 24.3 Å². The van der Waals surface area contributed by atoms with Gasteiger partial charge in [0, 0.05) is 12.6 Å². The lowest BCUT2D eigenvalue weighted by molar-refractivity contribution is 0.580. The molecule has 118 valence electrons. The van der Waals surface area contributed by atoms with Crippen LogP contribution in [0.25, 0.3) is 34.1 Å². The molecule has 4 aromatic rings. The van der Waals surface area contributed by atoms with E-state index in [4.69, 9.17) is 4.42 Å². The predicted octanol–water partition coefficient (Wildman–Crippen LogP) is 3.53. The molecule has 2 heterocycles. The molecule has 7 heteroatoms. The van der Waals surface area contributed by atoms with Crippen molar-refractivity contribution >= 4 is 16.9 Å². The first kappa shape index (κ1) is 14.3. The van der Waals surface area contributed by atoms with Gasteiger partial charge in [0.25, 0.3) is 5.89 Å². The maximum Gasteiger partial charge on any atom is 0.270 e. The van der Waals surface area contributed by atoms with Crippen molar-refractivity contribution in [3.05, 3.63) is 54.3 Å². The number of nitrogens with zero attached hydrogens (tertiary/aromatic N) is 4. The second kappa shape index (κ2) is 5.69. The summed E-state index contributed by atoms with van der Waals surface area (Å²) in [5.74, 6) is 0.607. The Hall–Kier alpha value is -3.35. The van der Waals surface area contributed by atoms with Gasteiger partial charge >= 0.3 is 0 Å². The Morgan fingerprint density at radius 2 is 1.67 bits per heavy atom. The maximum atomic E-state index is 13.4. The zero-order valence-corrected chi connectivity index (χ0v) is 12.7. The molecule has 0 amide bonds. The summed E-state index contributed by atoms with van der Waals surface area (Å²) in [4.78, 5) is 9.05. The highest BCUT2D eigenvalue weighted by Gasteiger charge is 2.17. The Balaban J connectivity index is 1.83. The molecule has 6 nitrogen and oxygen atoms in total. The van der Waals surface area contributed by atoms with Gasteiger partial charge in [-0.2, -0.15) is 0 Å². The third-order valence-electron chi connectivity index (χ3n) is 3.51. The molecule has 4 rings (SSSR count). The molecule has 0 spiro atoms. The fourth-order valence-corrected chi connectivity index (χ4v) is 2.38. The highest BCUT2D eigenvalue weighted by Crippen LogP contribution is 2.28. The molecule has 0 saturated carbocycles. The summed E-state index contributed by atoms with van der Waals surface area (Å²) in [5, 5.41) is 11.0. The monoisotopic (exact) mass is 321 g/mol. The number of nitrogens with one attached hydrogen (secondary N) is 1. The summed E-state index contributed by atoms with van der Waals surface area (Å²) >= 11 is 0. The minimum Gasteiger partial charge on any atom is -0.414 e. The predicted molar refractivity (Wildman–Crippen MR) is 87.8 cm³/mol. The van der Waals surface area contributed by atoms with Crippen LogP contribution < -0.4 is 5.32 Å². The van der Waals surface area contributed by atoms with E-state index in [9.17, 15) is 4.39 Å². The molecule has 2 aromatic carbocycles. The number of para-hydroxylation sites is 2. The van der Waals surface area contributed by atoms with E-state index < -0.39 is 0 Å². The third kappa shape index (κ3) is 2.45. The normalized spacial score (nSPS) is 10.9. The second-order valence-corrected chi connectivity index (χ2v) is 5.08. The van der Waals surface area contributed by atoms with E-state index in [1.165, 1.54) is 12.1 Å². The number of hydrogen-bond acceptors (Lipinski definition) is 6. The SMILES string of the molecule is CNc1nc2ccccc2nc1-c1nnc(-c2cccc(F)c2)o1. The Labute approximate surface area is 136 Å². The van der Waals surface area contributed by atoms with Gasteiger partial charge in [-0.3, -0.25) is 0 Å². The molecule has 24 heavy (non-hydrogen) atoms. The van der Waals surface area contributed by atoms with Gasteiger partial charge in [0.1, 0.15) is 5.82 Å². The lowest BCUT2D eigenvalue weighted by atomic mass is 10.2. The largest absolute Gasteiger partial charge is 0.414 e. The molecular formula is C17H12FN5O. The number of fused-ring (bicyclic) bond motifs is 1. The van der Waals surface area contributed by atoms with Gasteiger partial charge in [-0.15, -0.1) is 10.2 Å². The van der Waals surface area contributed by atoms with Gasteiger partial charge in [0.05, 0.1) is 11.0 Å². The van der Waals surface area contributed by atoms with Crippen LogP contribution in [-0.4, -0.2) is 27.2 Å². The first-order chi connectivity index (χ1) is 11.7. The number of benzene rings is 2. The van der Waals surface area contributed by atoms with E-state index in [0.717, 1.165) is 11.0 Å². The summed E-state index contributed by atoms with van der Waals surface area (Å²) in [6, 6.07) is 13.5. The lowest BCUT2D eigenvalue weighted by Gasteiger charge is -2.05. The van der Waals surface area contributed by atoms with Gasteiger partial charge in [-0.25, -0.2) is 14.4 Å². The lowest BCUT2D eigenvalue weighted by Crippen LogP contribution is -1.99. The van der Waals surface area contributed by atoms with E-state index in [-0.39, 0.29) is 17.6 Å². The molecule has 0 bridgehead atoms. The Morgan fingerprint density at radius 3 is 2.42 bits per heavy atom. The zero-order chi connectivity index (χ0) is 16.5. The van der Waals surface area contributed by atoms with E-state index in [0.29, 0.717) is 17.1 Å². The number of hydrogen-bond donors (Lipinski definition) is 1. The van der Waals surface area contributed by atoms with Crippen LogP contribution in [-0.2, 0) is 0 Å². The Morgan fingerprint density at radius 1 is 0.917 bits per heavy atom. The highest BCUT2D eigenvalue weighted by atomic mass is 19.1. The molecule has 0 fully saturated rings. The summed E-state index contributed by atoms with van der Waals surface area (Å²) in [7, 11) is 1.74. The standard InChI is InChI=1S/C17H12FN5O/c1-19-15-14(20-12-7-2-3-8-13(12)21-15)17-23-22-16(24-17)10-5-4-6-11(18)9-10/h2-9H,1H3,(H,19,21). The van der Waals surface area contributed by atoms with Crippen molar-refractivity contribution in [2.24, 2.45) is 0 Å². The van der Waals surface area contributed by atoms with Crippen molar-refractivity contribution in [2.75, 3.05) is 12.4 Å². The van der Waals surface area contributed by atoms with Crippen LogP contribution in [0.15, 0.2) is 52.9 Å². The summed E-state index contributed by atoms with van der Waals surface area (Å²) in [6.07, 6.45) is 0. The second-order valence-electron chi connectivity index (χ2n) is 5.08. The van der Waals surface area contributed by atoms with Gasteiger partial charge in [0.2, 0.25) is 5.89 Å². The molecule has 0 saturated heterocycles. The quantitative estimate of drug-likeness (QED) is 0.622. The minimum absolute atomic E-state index is 0.219. The minimum atomic E-state index is -0.367. The van der Waals surface area contributed by atoms with Gasteiger partial charge in [-0.05, 0) is 30.3 Å². The summed E-state index contributed by atoms with van der Waals surface area (Å²) in [5.41, 5.74) is 2.44. The Bertz CT molecular complexity index is 1030. The highest BCUT2D eigenvalue weighted by molar-refractivity contribution is 5.81. The molecule has 0 aliphatic heterocycles. The first-order valence-corrected chi connectivity index (χ1v) is 7.29. The van der Waals surface area contributed by atoms with Crippen LogP contribution in [0.2, 0.25) is 0 Å². The molecule has 1 N–H and O–H groups in total. The number of anilines is 1. The maximum absolute atomic E-state index is 13.4. The van der Waals surface area contributed by atoms with Crippen LogP contribution in [0, 0.1) is 5.82 Å². The number of halogens is 1. The van der Waals surface area contributed by atoms with E-state index in [2.05, 4.69) is 25.5 Å². The third-order valence-corrected chi connectivity index (χ3v) is 3.51. The number of aromatic nitrogens is 4. The van der Waals surface area contributed by atoms with Crippen molar-refractivity contribution in [1.29, 1.82) is 0 Å². The molecule has 0 atom stereocenters. The fraction of sp³-hybridized carbons (Fsp3) is 0.0588. The van der Waals surface area contributed by atoms with Crippen LogP contribution in [0.5, 0.6) is 0 Å². The zero-order valence-electron chi connectivity index (χ0n) is 12.7. The van der Waals surface area contributed by atoms with Gasteiger partial charge in [0.15, 0.2) is 11.5 Å². The van der Waals surface area contributed by atoms with Gasteiger partial charge in [-0.1, -0.05) is 18.2 Å². The van der Waals surface area contributed by atoms with Crippen LogP contribution >= 0.6 is 0 Å². The average Bonchev–Trinajstić information content (AvgIpc) is 3.10. The van der Waals surface area contributed by atoms with Gasteiger partial charge < -0.3 is 9.73 Å². The number of rotatable bonds is 3. The van der Waals surface area contributed by atoms with Crippen molar-refractivity contribution in [2.45, 2.75) is 0 Å². The Kier molecular flexibility index (Phi) is 3.38. The van der Waals surface area contributed by atoms with Crippen LogP contribution in [0.4, 0.5) is 10.2 Å². The van der Waals surface area contributed by atoms with Crippen LogP contribution in [0.1, 0.15) is 0 Å². The summed E-state index contributed by atoms with van der Waals surface area (Å²) in [6.45, 7) is 0. The first-order valence-electron chi connectivity index (χ1n) is 7.29. The van der Waals surface area contributed by atoms with Crippen molar-refractivity contribution in [3.8, 4) is 23.0 Å². The molecule has 2 aromatic heterocycles. The van der Waals surface area contributed by atoms with Crippen molar-refractivity contribution in [3.63, 3.8) is 0 Å². The van der Waals surface area contributed by atoms with Crippen molar-refractivity contribution < 1.29 is 8.81 Å². The average molecular weight is 321 g/mol. The molecule has 0 radical (unpaired) electrons. The fourth-order valence-electron chi connectivity index (χ4n) is 2.38. The molecular weight excluding hydrogens is 309 g/mol. The van der Waals surface area contributed by atoms with Crippen LogP contribution in [0.3, 0.4) is 0 Å². The van der Waals surface area contributed by atoms with E-state index >= 15 is 0 Å². The van der Waals surface area contributed by atoms with E-state index in [1.54, 1.807) is 19.2 Å². The van der Waals surface area contributed by atoms with Crippen molar-refractivity contribution in [1.82, 2.24) is 20.2 Å². The smallest absolute Gasteiger partial charge is 0.270 e. The molecule has 0 aliphatic carbocycles. The summed E-state index contributed by atoms with van der Waals surface area (Å²) < 4.78 is 19.0. The topological polar surface area (TPSA) is 76.7 Å².